The zero-order valence-corrected chi connectivity index (χ0v) is 19.5. The molecular formula is C26H18ClF4N3O2. The largest absolute Gasteiger partial charge is 0.469 e. The number of hydrogen-bond acceptors (Lipinski definition) is 3. The predicted molar refractivity (Wildman–Crippen MR) is 128 cm³/mol. The number of carbonyl (C=O) groups is 1. The van der Waals surface area contributed by atoms with E-state index in [1.165, 1.54) is 12.3 Å². The number of nitrogens with zero attached hydrogens (tertiary/aromatic N) is 2. The van der Waals surface area contributed by atoms with Gasteiger partial charge >= 0.3 is 18.1 Å². The van der Waals surface area contributed by atoms with Crippen LogP contribution in [-0.4, -0.2) is 21.9 Å². The highest BCUT2D eigenvalue weighted by Gasteiger charge is 2.67. The Morgan fingerprint density at radius 2 is 1.72 bits per heavy atom. The lowest BCUT2D eigenvalue weighted by Crippen LogP contribution is -2.37. The van der Waals surface area contributed by atoms with E-state index in [2.05, 4.69) is 15.2 Å². The minimum Gasteiger partial charge on any atom is -0.427 e. The van der Waals surface area contributed by atoms with Crippen molar-refractivity contribution >= 4 is 23.3 Å². The van der Waals surface area contributed by atoms with Gasteiger partial charge in [0.2, 0.25) is 0 Å². The van der Waals surface area contributed by atoms with Crippen molar-refractivity contribution in [3.05, 3.63) is 89.1 Å². The van der Waals surface area contributed by atoms with Crippen LogP contribution < -0.4 is 10.1 Å². The second kappa shape index (κ2) is 8.67. The number of halogens is 5. The smallest absolute Gasteiger partial charge is 0.427 e. The number of fused-ring (bicyclic) bond motifs is 1. The lowest BCUT2D eigenvalue weighted by atomic mass is 10.0. The van der Waals surface area contributed by atoms with E-state index in [0.29, 0.717) is 21.8 Å². The van der Waals surface area contributed by atoms with Gasteiger partial charge in [-0.1, -0.05) is 61.0 Å². The maximum Gasteiger partial charge on any atom is 0.469 e. The molecule has 10 heteroatoms. The molecule has 1 aromatic heterocycles. The molecule has 0 saturated carbocycles. The van der Waals surface area contributed by atoms with Crippen LogP contribution in [0.3, 0.4) is 0 Å². The van der Waals surface area contributed by atoms with Crippen LogP contribution in [0.5, 0.6) is 5.75 Å². The maximum absolute atomic E-state index is 14.3. The number of hydrogen-bond donors (Lipinski definition) is 1. The van der Waals surface area contributed by atoms with Crippen LogP contribution in [0.15, 0.2) is 72.9 Å². The molecule has 1 aliphatic rings. The molecule has 36 heavy (non-hydrogen) atoms. The van der Waals surface area contributed by atoms with Gasteiger partial charge in [-0.15, -0.1) is 0 Å². The fourth-order valence-electron chi connectivity index (χ4n) is 4.04. The Morgan fingerprint density at radius 3 is 2.39 bits per heavy atom. The number of aryl methyl sites for hydroxylation is 1. The van der Waals surface area contributed by atoms with Crippen LogP contribution in [0.2, 0.25) is 5.02 Å². The van der Waals surface area contributed by atoms with Gasteiger partial charge < -0.3 is 10.1 Å². The van der Waals surface area contributed by atoms with Crippen molar-refractivity contribution in [2.45, 2.75) is 25.4 Å². The average molecular weight is 516 g/mol. The van der Waals surface area contributed by atoms with Crippen molar-refractivity contribution in [3.8, 4) is 28.1 Å². The molecule has 1 amide bonds. The van der Waals surface area contributed by atoms with Gasteiger partial charge in [-0.2, -0.15) is 27.3 Å². The third-order valence-electron chi connectivity index (χ3n) is 5.86. The first-order valence-electron chi connectivity index (χ1n) is 10.9. The number of rotatable bonds is 4. The van der Waals surface area contributed by atoms with E-state index in [9.17, 15) is 22.4 Å². The second-order valence-corrected chi connectivity index (χ2v) is 8.63. The molecule has 0 fully saturated rings. The highest BCUT2D eigenvalue weighted by atomic mass is 35.5. The lowest BCUT2D eigenvalue weighted by Gasteiger charge is -2.16. The first kappa shape index (κ1) is 23.9. The highest BCUT2D eigenvalue weighted by molar-refractivity contribution is 6.30. The first-order valence-corrected chi connectivity index (χ1v) is 11.3. The lowest BCUT2D eigenvalue weighted by molar-refractivity contribution is -0.296. The van der Waals surface area contributed by atoms with Crippen molar-refractivity contribution < 1.29 is 27.1 Å². The van der Waals surface area contributed by atoms with E-state index in [0.717, 1.165) is 16.3 Å². The zero-order chi connectivity index (χ0) is 25.7. The van der Waals surface area contributed by atoms with Gasteiger partial charge in [0.15, 0.2) is 0 Å². The van der Waals surface area contributed by atoms with Gasteiger partial charge in [0, 0.05) is 28.0 Å². The second-order valence-electron chi connectivity index (χ2n) is 8.20. The molecule has 3 aromatic carbocycles. The van der Waals surface area contributed by atoms with E-state index < -0.39 is 29.4 Å². The predicted octanol–water partition coefficient (Wildman–Crippen LogP) is 7.59. The number of alkyl halides is 4. The zero-order valence-electron chi connectivity index (χ0n) is 18.7. The van der Waals surface area contributed by atoms with E-state index in [-0.39, 0.29) is 17.7 Å². The third kappa shape index (κ3) is 3.99. The quantitative estimate of drug-likeness (QED) is 0.285. The Hall–Kier alpha value is -3.85. The standard InChI is InChI=1S/C26H18ClF4N3O2/c1-2-15-12-19(13-21-23(15)36-26(30,31)25(21,28)29)32-24(35)34-14-20(16-6-4-3-5-7-16)22(33-34)17-8-10-18(27)11-9-17/h3-14H,2H2,1H3,(H,32,35). The minimum atomic E-state index is -4.68. The van der Waals surface area contributed by atoms with Gasteiger partial charge in [-0.3, -0.25) is 0 Å². The number of carbonyl (C=O) groups excluding carboxylic acids is 1. The van der Waals surface area contributed by atoms with Crippen LogP contribution in [0, 0.1) is 0 Å². The molecule has 5 rings (SSSR count). The van der Waals surface area contributed by atoms with Crippen LogP contribution in [0.25, 0.3) is 22.4 Å². The molecule has 0 aliphatic carbocycles. The van der Waals surface area contributed by atoms with Crippen LogP contribution in [-0.2, 0) is 12.3 Å². The minimum absolute atomic E-state index is 0.0821. The van der Waals surface area contributed by atoms with Gasteiger partial charge in [-0.05, 0) is 41.8 Å². The van der Waals surface area contributed by atoms with Crippen molar-refractivity contribution in [1.82, 2.24) is 9.78 Å². The van der Waals surface area contributed by atoms with Crippen LogP contribution in [0.4, 0.5) is 28.0 Å². The molecule has 0 bridgehead atoms. The fraction of sp³-hybridized carbons (Fsp3) is 0.154. The van der Waals surface area contributed by atoms with Gasteiger partial charge in [0.1, 0.15) is 11.4 Å². The Bertz CT molecular complexity index is 1450. The molecule has 0 spiro atoms. The van der Waals surface area contributed by atoms with E-state index in [4.69, 9.17) is 11.6 Å². The number of aromatic nitrogens is 2. The van der Waals surface area contributed by atoms with E-state index in [1.807, 2.05) is 30.3 Å². The maximum atomic E-state index is 14.3. The normalized spacial score (nSPS) is 15.3. The van der Waals surface area contributed by atoms with E-state index in [1.54, 1.807) is 31.2 Å². The van der Waals surface area contributed by atoms with Crippen LogP contribution in [0.1, 0.15) is 18.1 Å². The van der Waals surface area contributed by atoms with Crippen LogP contribution >= 0.6 is 11.6 Å². The summed E-state index contributed by atoms with van der Waals surface area (Å²) in [4.78, 5) is 13.1. The number of benzene rings is 3. The fourth-order valence-corrected chi connectivity index (χ4v) is 4.16. The summed E-state index contributed by atoms with van der Waals surface area (Å²) in [5.74, 6) is -5.11. The first-order chi connectivity index (χ1) is 17.1. The molecule has 184 valence electrons. The molecule has 0 radical (unpaired) electrons. The Labute approximate surface area is 208 Å². The van der Waals surface area contributed by atoms with E-state index >= 15 is 0 Å². The summed E-state index contributed by atoms with van der Waals surface area (Å²) in [6.07, 6.45) is -3.03. The van der Waals surface area contributed by atoms with Gasteiger partial charge in [0.25, 0.3) is 0 Å². The number of amides is 1. The summed E-state index contributed by atoms with van der Waals surface area (Å²) in [5, 5.41) is 7.44. The summed E-state index contributed by atoms with van der Waals surface area (Å²) in [6, 6.07) is 17.5. The average Bonchev–Trinajstić information content (AvgIpc) is 3.37. The molecule has 2 heterocycles. The Kier molecular flexibility index (Phi) is 5.75. The summed E-state index contributed by atoms with van der Waals surface area (Å²) < 4.78 is 61.6. The molecule has 4 aromatic rings. The molecule has 1 N–H and O–H groups in total. The molecule has 0 saturated heterocycles. The number of anilines is 1. The summed E-state index contributed by atoms with van der Waals surface area (Å²) in [5.41, 5.74) is 1.70. The molecule has 1 aliphatic heterocycles. The molecule has 5 nitrogen and oxygen atoms in total. The number of nitrogens with one attached hydrogen (secondary N) is 1. The van der Waals surface area contributed by atoms with Crippen molar-refractivity contribution in [1.29, 1.82) is 0 Å². The molecule has 0 atom stereocenters. The third-order valence-corrected chi connectivity index (χ3v) is 6.11. The topological polar surface area (TPSA) is 56.2 Å². The molecular weight excluding hydrogens is 498 g/mol. The highest BCUT2D eigenvalue weighted by Crippen LogP contribution is 2.55. The molecule has 0 unspecified atom stereocenters. The van der Waals surface area contributed by atoms with Crippen molar-refractivity contribution in [2.24, 2.45) is 0 Å². The van der Waals surface area contributed by atoms with Crippen molar-refractivity contribution in [3.63, 3.8) is 0 Å². The van der Waals surface area contributed by atoms with Crippen molar-refractivity contribution in [2.75, 3.05) is 5.32 Å². The van der Waals surface area contributed by atoms with Gasteiger partial charge in [0.05, 0.1) is 5.56 Å². The SMILES string of the molecule is CCc1cc(NC(=O)n2cc(-c3ccccc3)c(-c3ccc(Cl)cc3)n2)cc2c1OC(F)(F)C2(F)F. The Morgan fingerprint density at radius 1 is 1.03 bits per heavy atom. The Balaban J connectivity index is 1.53. The number of ether oxygens (including phenoxy) is 1. The summed E-state index contributed by atoms with van der Waals surface area (Å²) >= 11 is 6.01. The van der Waals surface area contributed by atoms with Gasteiger partial charge in [-0.25, -0.2) is 4.79 Å². The summed E-state index contributed by atoms with van der Waals surface area (Å²) in [6.45, 7) is 1.61. The monoisotopic (exact) mass is 515 g/mol. The summed E-state index contributed by atoms with van der Waals surface area (Å²) in [7, 11) is 0.